The number of aromatic hydroxyl groups is 1. The zero-order valence-corrected chi connectivity index (χ0v) is 17.8. The van der Waals surface area contributed by atoms with Gasteiger partial charge in [0.1, 0.15) is 33.8 Å². The summed E-state index contributed by atoms with van der Waals surface area (Å²) in [5.74, 6) is 0.605. The molecule has 0 radical (unpaired) electrons. The van der Waals surface area contributed by atoms with Gasteiger partial charge in [-0.1, -0.05) is 23.7 Å². The van der Waals surface area contributed by atoms with E-state index in [2.05, 4.69) is 0 Å². The van der Waals surface area contributed by atoms with Crippen LogP contribution in [0.25, 0.3) is 28.4 Å². The zero-order valence-electron chi connectivity index (χ0n) is 17.0. The highest BCUT2D eigenvalue weighted by Gasteiger charge is 2.28. The van der Waals surface area contributed by atoms with Crippen LogP contribution in [0.15, 0.2) is 45.6 Å². The maximum Gasteiger partial charge on any atom is 0.200 e. The van der Waals surface area contributed by atoms with E-state index in [0.29, 0.717) is 39.6 Å². The van der Waals surface area contributed by atoms with Crippen molar-refractivity contribution >= 4 is 28.6 Å². The molecule has 30 heavy (non-hydrogen) atoms. The van der Waals surface area contributed by atoms with Crippen LogP contribution in [0.3, 0.4) is 0 Å². The zero-order chi connectivity index (χ0) is 21.6. The Bertz CT molecular complexity index is 1220. The summed E-state index contributed by atoms with van der Waals surface area (Å²) in [5.41, 5.74) is 0.727. The maximum absolute atomic E-state index is 13.5. The van der Waals surface area contributed by atoms with Crippen LogP contribution in [-0.4, -0.2) is 21.9 Å². The predicted molar refractivity (Wildman–Crippen MR) is 118 cm³/mol. The van der Waals surface area contributed by atoms with Crippen LogP contribution in [0, 0.1) is 0 Å². The Morgan fingerprint density at radius 2 is 1.97 bits per heavy atom. The van der Waals surface area contributed by atoms with Gasteiger partial charge in [0.2, 0.25) is 0 Å². The van der Waals surface area contributed by atoms with E-state index in [-0.39, 0.29) is 28.6 Å². The van der Waals surface area contributed by atoms with Gasteiger partial charge in [-0.05, 0) is 57.9 Å². The summed E-state index contributed by atoms with van der Waals surface area (Å²) >= 11 is 6.39. The summed E-state index contributed by atoms with van der Waals surface area (Å²) in [6.45, 7) is 5.46. The Morgan fingerprint density at radius 1 is 1.23 bits per heavy atom. The number of hydrogen-bond donors (Lipinski definition) is 2. The number of hydrogen-bond acceptors (Lipinski definition) is 5. The largest absolute Gasteiger partial charge is 0.506 e. The van der Waals surface area contributed by atoms with Crippen LogP contribution in [0.4, 0.5) is 0 Å². The molecule has 0 saturated heterocycles. The minimum absolute atomic E-state index is 0.0955. The number of benzene rings is 2. The lowest BCUT2D eigenvalue weighted by Crippen LogP contribution is -2.27. The normalized spacial score (nSPS) is 15.6. The minimum Gasteiger partial charge on any atom is -0.506 e. The van der Waals surface area contributed by atoms with Crippen molar-refractivity contribution in [3.63, 3.8) is 0 Å². The molecule has 0 saturated carbocycles. The molecule has 0 fully saturated rings. The van der Waals surface area contributed by atoms with E-state index in [4.69, 9.17) is 20.8 Å². The van der Waals surface area contributed by atoms with E-state index in [1.54, 1.807) is 37.3 Å². The number of aliphatic hydroxyl groups excluding tert-OH is 1. The Kier molecular flexibility index (Phi) is 5.12. The molecule has 1 aliphatic heterocycles. The van der Waals surface area contributed by atoms with Gasteiger partial charge in [0.15, 0.2) is 5.43 Å². The summed E-state index contributed by atoms with van der Waals surface area (Å²) in [5, 5.41) is 21.2. The van der Waals surface area contributed by atoms with Crippen molar-refractivity contribution < 1.29 is 19.4 Å². The van der Waals surface area contributed by atoms with Crippen LogP contribution >= 0.6 is 11.6 Å². The molecular weight excluding hydrogens is 404 g/mol. The second-order valence-corrected chi connectivity index (χ2v) is 8.56. The predicted octanol–water partition coefficient (Wildman–Crippen LogP) is 5.32. The fourth-order valence-electron chi connectivity index (χ4n) is 3.65. The lowest BCUT2D eigenvalue weighted by molar-refractivity contribution is 0.158. The molecule has 0 aliphatic carbocycles. The third kappa shape index (κ3) is 3.59. The minimum atomic E-state index is -0.588. The molecule has 3 aromatic rings. The first-order chi connectivity index (χ1) is 14.2. The number of phenols is 1. The quantitative estimate of drug-likeness (QED) is 0.590. The van der Waals surface area contributed by atoms with Gasteiger partial charge in [-0.15, -0.1) is 0 Å². The molecule has 4 rings (SSSR count). The van der Waals surface area contributed by atoms with Gasteiger partial charge in [-0.2, -0.15) is 0 Å². The first-order valence-electron chi connectivity index (χ1n) is 9.85. The molecule has 0 amide bonds. The first-order valence-corrected chi connectivity index (χ1v) is 10.2. The highest BCUT2D eigenvalue weighted by atomic mass is 35.5. The standard InChI is InChI=1S/C24H23ClO5/c1-13(26)8-9-16-22(28)20-19(29-23(16)14-6-4-5-7-17(14)25)12-18-15(21(20)27)10-11-24(2,3)30-18/h4-7,10-13,26-27H,8-9H2,1-3H3. The molecule has 156 valence electrons. The molecule has 0 bridgehead atoms. The number of ether oxygens (including phenoxy) is 1. The van der Waals surface area contributed by atoms with Crippen LogP contribution in [0.1, 0.15) is 38.3 Å². The summed E-state index contributed by atoms with van der Waals surface area (Å²) in [6, 6.07) is 8.74. The summed E-state index contributed by atoms with van der Waals surface area (Å²) in [7, 11) is 0. The average Bonchev–Trinajstić information content (AvgIpc) is 2.66. The molecule has 2 aromatic carbocycles. The highest BCUT2D eigenvalue weighted by molar-refractivity contribution is 6.33. The van der Waals surface area contributed by atoms with Gasteiger partial charge in [0.25, 0.3) is 0 Å². The van der Waals surface area contributed by atoms with Gasteiger partial charge < -0.3 is 19.4 Å². The van der Waals surface area contributed by atoms with Gasteiger partial charge in [-0.25, -0.2) is 0 Å². The number of aliphatic hydroxyl groups is 1. The summed E-state index contributed by atoms with van der Waals surface area (Å²) < 4.78 is 12.1. The first kappa shape index (κ1) is 20.5. The lowest BCUT2D eigenvalue weighted by Gasteiger charge is -2.28. The summed E-state index contributed by atoms with van der Waals surface area (Å²) in [4.78, 5) is 13.5. The van der Waals surface area contributed by atoms with E-state index in [1.807, 2.05) is 26.0 Å². The number of rotatable bonds is 4. The molecule has 1 atom stereocenters. The Labute approximate surface area is 179 Å². The van der Waals surface area contributed by atoms with Crippen molar-refractivity contribution in [2.45, 2.75) is 45.3 Å². The number of phenolic OH excluding ortho intramolecular Hbond substituents is 1. The Hall–Kier alpha value is -2.76. The van der Waals surface area contributed by atoms with Gasteiger partial charge in [0.05, 0.1) is 16.7 Å². The molecular formula is C24H23ClO5. The molecule has 2 N–H and O–H groups in total. The Morgan fingerprint density at radius 3 is 2.67 bits per heavy atom. The van der Waals surface area contributed by atoms with E-state index in [1.165, 1.54) is 0 Å². The lowest BCUT2D eigenvalue weighted by atomic mass is 9.96. The second kappa shape index (κ2) is 7.49. The number of fused-ring (bicyclic) bond motifs is 2. The van der Waals surface area contributed by atoms with E-state index in [0.717, 1.165) is 0 Å². The highest BCUT2D eigenvalue weighted by Crippen LogP contribution is 2.42. The topological polar surface area (TPSA) is 79.9 Å². The van der Waals surface area contributed by atoms with Crippen LogP contribution in [-0.2, 0) is 6.42 Å². The molecule has 1 aliphatic rings. The van der Waals surface area contributed by atoms with E-state index >= 15 is 0 Å². The molecule has 2 heterocycles. The fourth-order valence-corrected chi connectivity index (χ4v) is 3.87. The van der Waals surface area contributed by atoms with Crippen LogP contribution in [0.2, 0.25) is 5.02 Å². The van der Waals surface area contributed by atoms with Gasteiger partial charge >= 0.3 is 0 Å². The van der Waals surface area contributed by atoms with Crippen molar-refractivity contribution in [3.8, 4) is 22.8 Å². The molecule has 0 spiro atoms. The third-order valence-corrected chi connectivity index (χ3v) is 5.54. The maximum atomic E-state index is 13.5. The van der Waals surface area contributed by atoms with E-state index in [9.17, 15) is 15.0 Å². The smallest absolute Gasteiger partial charge is 0.200 e. The molecule has 5 nitrogen and oxygen atoms in total. The Balaban J connectivity index is 2.03. The van der Waals surface area contributed by atoms with Crippen molar-refractivity contribution in [2.24, 2.45) is 0 Å². The van der Waals surface area contributed by atoms with Crippen molar-refractivity contribution in [2.75, 3.05) is 0 Å². The van der Waals surface area contributed by atoms with Crippen LogP contribution < -0.4 is 10.2 Å². The van der Waals surface area contributed by atoms with Gasteiger partial charge in [-0.3, -0.25) is 4.79 Å². The van der Waals surface area contributed by atoms with Crippen molar-refractivity contribution in [1.82, 2.24) is 0 Å². The molecule has 1 unspecified atom stereocenters. The number of halogens is 1. The van der Waals surface area contributed by atoms with E-state index < -0.39 is 11.7 Å². The molecule has 1 aromatic heterocycles. The second-order valence-electron chi connectivity index (χ2n) is 8.16. The average molecular weight is 427 g/mol. The molecule has 6 heteroatoms. The van der Waals surface area contributed by atoms with Gasteiger partial charge in [0, 0.05) is 17.2 Å². The van der Waals surface area contributed by atoms with Crippen molar-refractivity contribution in [3.05, 3.63) is 62.8 Å². The van der Waals surface area contributed by atoms with Crippen molar-refractivity contribution in [1.29, 1.82) is 0 Å². The monoisotopic (exact) mass is 426 g/mol. The fraction of sp³-hybridized carbons (Fsp3) is 0.292. The third-order valence-electron chi connectivity index (χ3n) is 5.21. The summed E-state index contributed by atoms with van der Waals surface area (Å²) in [6.07, 6.45) is 3.65. The SMILES string of the molecule is CC(O)CCc1c(-c2ccccc2Cl)oc2cc3c(c(O)c2c1=O)C=CC(C)(C)O3. The van der Waals surface area contributed by atoms with Crippen LogP contribution in [0.5, 0.6) is 11.5 Å².